The first-order chi connectivity index (χ1) is 18.0. The molecule has 0 unspecified atom stereocenters. The number of hydrazone groups is 1. The number of nitriles is 1. The third-order valence-corrected chi connectivity index (χ3v) is 7.86. The molecule has 2 amide bonds. The van der Waals surface area contributed by atoms with Gasteiger partial charge in [-0.25, -0.2) is 0 Å². The van der Waals surface area contributed by atoms with E-state index >= 15 is 0 Å². The molecular formula is C30H26N4O3. The Labute approximate surface area is 215 Å². The van der Waals surface area contributed by atoms with Crippen LogP contribution >= 0.6 is 0 Å². The molecule has 1 saturated carbocycles. The highest BCUT2D eigenvalue weighted by molar-refractivity contribution is 6.06. The van der Waals surface area contributed by atoms with E-state index in [0.29, 0.717) is 17.9 Å². The Bertz CT molecular complexity index is 1480. The van der Waals surface area contributed by atoms with Crippen LogP contribution in [-0.2, 0) is 16.2 Å². The molecule has 1 aromatic heterocycles. The van der Waals surface area contributed by atoms with Gasteiger partial charge in [-0.2, -0.15) is 15.4 Å². The van der Waals surface area contributed by atoms with Crippen molar-refractivity contribution in [2.24, 2.45) is 28.8 Å². The summed E-state index contributed by atoms with van der Waals surface area (Å²) in [5, 5.41) is 14.7. The average Bonchev–Trinajstić information content (AvgIpc) is 3.66. The van der Waals surface area contributed by atoms with Gasteiger partial charge in [0.05, 0.1) is 29.7 Å². The van der Waals surface area contributed by atoms with Crippen molar-refractivity contribution in [2.45, 2.75) is 26.9 Å². The van der Waals surface area contributed by atoms with E-state index in [4.69, 9.17) is 4.74 Å². The molecule has 2 aromatic carbocycles. The van der Waals surface area contributed by atoms with Gasteiger partial charge in [0, 0.05) is 28.2 Å². The maximum Gasteiger partial charge on any atom is 0.254 e. The van der Waals surface area contributed by atoms with E-state index in [-0.39, 0.29) is 35.5 Å². The summed E-state index contributed by atoms with van der Waals surface area (Å²) in [7, 11) is 0. The average molecular weight is 491 g/mol. The number of carbonyl (C=O) groups excluding carboxylic acids is 2. The Balaban J connectivity index is 1.18. The van der Waals surface area contributed by atoms with Crippen LogP contribution in [0.1, 0.15) is 34.5 Å². The highest BCUT2D eigenvalue weighted by Gasteiger charge is 2.59. The first-order valence-corrected chi connectivity index (χ1v) is 12.5. The molecule has 1 saturated heterocycles. The van der Waals surface area contributed by atoms with Crippen LogP contribution in [0.15, 0.2) is 71.9 Å². The number of rotatable bonds is 6. The summed E-state index contributed by atoms with van der Waals surface area (Å²) in [5.74, 6) is 0.201. The predicted molar refractivity (Wildman–Crippen MR) is 138 cm³/mol. The topological polar surface area (TPSA) is 87.7 Å². The van der Waals surface area contributed by atoms with E-state index < -0.39 is 0 Å². The van der Waals surface area contributed by atoms with Gasteiger partial charge in [-0.05, 0) is 68.5 Å². The second-order valence-corrected chi connectivity index (χ2v) is 9.95. The molecule has 37 heavy (non-hydrogen) atoms. The normalized spacial score (nSPS) is 23.8. The molecule has 7 heteroatoms. The minimum atomic E-state index is -0.249. The maximum atomic E-state index is 12.9. The van der Waals surface area contributed by atoms with Crippen LogP contribution in [0.3, 0.4) is 0 Å². The molecule has 184 valence electrons. The summed E-state index contributed by atoms with van der Waals surface area (Å²) >= 11 is 0. The largest absolute Gasteiger partial charge is 0.489 e. The number of aromatic nitrogens is 1. The van der Waals surface area contributed by atoms with Gasteiger partial charge in [0.2, 0.25) is 0 Å². The number of fused-ring (bicyclic) bond motifs is 5. The minimum Gasteiger partial charge on any atom is -0.489 e. The molecule has 4 atom stereocenters. The highest BCUT2D eigenvalue weighted by atomic mass is 16.5. The van der Waals surface area contributed by atoms with Gasteiger partial charge in [0.25, 0.3) is 11.8 Å². The summed E-state index contributed by atoms with van der Waals surface area (Å²) < 4.78 is 8.00. The lowest BCUT2D eigenvalue weighted by molar-refractivity contribution is -0.140. The van der Waals surface area contributed by atoms with Crippen molar-refractivity contribution in [3.8, 4) is 17.5 Å². The Kier molecular flexibility index (Phi) is 5.53. The van der Waals surface area contributed by atoms with Crippen molar-refractivity contribution in [1.29, 1.82) is 5.26 Å². The fraction of sp³-hybridized carbons (Fsp3) is 0.267. The lowest BCUT2D eigenvalue weighted by Crippen LogP contribution is -2.28. The van der Waals surface area contributed by atoms with E-state index in [1.165, 1.54) is 0 Å². The quantitative estimate of drug-likeness (QED) is 0.285. The second kappa shape index (κ2) is 8.90. The molecule has 2 aliphatic carbocycles. The molecule has 2 fully saturated rings. The molecule has 2 bridgehead atoms. The van der Waals surface area contributed by atoms with Gasteiger partial charge in [0.1, 0.15) is 12.4 Å². The van der Waals surface area contributed by atoms with E-state index in [2.05, 4.69) is 27.9 Å². The van der Waals surface area contributed by atoms with Gasteiger partial charge in [-0.15, -0.1) is 0 Å². The van der Waals surface area contributed by atoms with Crippen molar-refractivity contribution in [3.63, 3.8) is 0 Å². The number of amides is 2. The van der Waals surface area contributed by atoms with Crippen molar-refractivity contribution in [2.75, 3.05) is 0 Å². The van der Waals surface area contributed by atoms with Crippen LogP contribution in [0.4, 0.5) is 0 Å². The number of carbonyl (C=O) groups is 2. The zero-order valence-corrected chi connectivity index (χ0v) is 20.7. The van der Waals surface area contributed by atoms with Crippen LogP contribution in [0, 0.1) is 48.9 Å². The monoisotopic (exact) mass is 490 g/mol. The maximum absolute atomic E-state index is 12.9. The van der Waals surface area contributed by atoms with Crippen LogP contribution < -0.4 is 4.74 Å². The summed E-state index contributed by atoms with van der Waals surface area (Å²) in [4.78, 5) is 25.8. The van der Waals surface area contributed by atoms with E-state index in [1.54, 1.807) is 12.3 Å². The standard InChI is InChI=1S/C30H26N4O3/c1-18-13-24(16-32-34-29(35)27-20-7-8-21(14-20)28(27)30(34)36)19(2)33(18)25-9-11-26(12-10-25)37-17-23-6-4-3-5-22(23)15-31/h3-13,16,20-21,27-28H,14,17H2,1-2H3/t20-,21-,27-,28+/m0/s1. The number of allylic oxidation sites excluding steroid dienone is 2. The van der Waals surface area contributed by atoms with E-state index in [9.17, 15) is 14.9 Å². The molecule has 0 N–H and O–H groups in total. The Morgan fingerprint density at radius 1 is 1.03 bits per heavy atom. The molecule has 2 heterocycles. The number of aryl methyl sites for hydroxylation is 1. The minimum absolute atomic E-state index is 0.171. The number of ether oxygens (including phenoxy) is 1. The fourth-order valence-electron chi connectivity index (χ4n) is 6.04. The summed E-state index contributed by atoms with van der Waals surface area (Å²) in [6.45, 7) is 4.32. The SMILES string of the molecule is Cc1cc(C=NN2C(=O)[C@@H]3[C@H](C2=O)[C@H]2C=C[C@H]3C2)c(C)n1-c1ccc(OCc2ccccc2C#N)cc1. The Morgan fingerprint density at radius 3 is 2.38 bits per heavy atom. The van der Waals surface area contributed by atoms with Gasteiger partial charge in [-0.1, -0.05) is 30.4 Å². The lowest BCUT2D eigenvalue weighted by atomic mass is 9.85. The second-order valence-electron chi connectivity index (χ2n) is 9.95. The van der Waals surface area contributed by atoms with E-state index in [0.717, 1.165) is 39.6 Å². The first-order valence-electron chi connectivity index (χ1n) is 12.5. The lowest BCUT2D eigenvalue weighted by Gasteiger charge is -2.13. The van der Waals surface area contributed by atoms with Gasteiger partial charge < -0.3 is 9.30 Å². The molecule has 0 radical (unpaired) electrons. The zero-order valence-electron chi connectivity index (χ0n) is 20.7. The van der Waals surface area contributed by atoms with Crippen LogP contribution in [0.5, 0.6) is 5.75 Å². The summed E-state index contributed by atoms with van der Waals surface area (Å²) in [6.07, 6.45) is 6.69. The smallest absolute Gasteiger partial charge is 0.254 e. The third kappa shape index (κ3) is 3.77. The molecule has 1 aliphatic heterocycles. The summed E-state index contributed by atoms with van der Waals surface area (Å²) in [6, 6.07) is 19.3. The van der Waals surface area contributed by atoms with Crippen LogP contribution in [0.2, 0.25) is 0 Å². The molecule has 6 rings (SSSR count). The highest BCUT2D eigenvalue weighted by Crippen LogP contribution is 2.52. The van der Waals surface area contributed by atoms with Gasteiger partial charge in [0.15, 0.2) is 0 Å². The van der Waals surface area contributed by atoms with Crippen molar-refractivity contribution in [1.82, 2.24) is 9.58 Å². The number of hydrogen-bond acceptors (Lipinski definition) is 5. The van der Waals surface area contributed by atoms with Gasteiger partial charge in [-0.3, -0.25) is 9.59 Å². The first kappa shape index (κ1) is 23.0. The van der Waals surface area contributed by atoms with Crippen LogP contribution in [0.25, 0.3) is 5.69 Å². The third-order valence-electron chi connectivity index (χ3n) is 7.86. The van der Waals surface area contributed by atoms with Gasteiger partial charge >= 0.3 is 0 Å². The molecule has 3 aliphatic rings. The van der Waals surface area contributed by atoms with Crippen LogP contribution in [-0.4, -0.2) is 27.6 Å². The molecule has 7 nitrogen and oxygen atoms in total. The molecular weight excluding hydrogens is 464 g/mol. The van der Waals surface area contributed by atoms with Crippen molar-refractivity contribution in [3.05, 3.63) is 94.8 Å². The predicted octanol–water partition coefficient (Wildman–Crippen LogP) is 4.69. The number of benzene rings is 2. The zero-order chi connectivity index (χ0) is 25.7. The fourth-order valence-corrected chi connectivity index (χ4v) is 6.04. The number of imide groups is 1. The van der Waals surface area contributed by atoms with Crippen molar-refractivity contribution >= 4 is 18.0 Å². The Hall–Kier alpha value is -4.44. The summed E-state index contributed by atoms with van der Waals surface area (Å²) in [5.41, 5.74) is 5.23. The number of hydrogen-bond donors (Lipinski definition) is 0. The molecule has 0 spiro atoms. The number of nitrogens with zero attached hydrogens (tertiary/aromatic N) is 4. The van der Waals surface area contributed by atoms with Crippen molar-refractivity contribution < 1.29 is 14.3 Å². The Morgan fingerprint density at radius 2 is 1.70 bits per heavy atom. The molecule has 3 aromatic rings. The van der Waals surface area contributed by atoms with E-state index in [1.807, 2.05) is 62.4 Å².